The van der Waals surface area contributed by atoms with Crippen molar-refractivity contribution in [1.82, 2.24) is 10.3 Å². The Bertz CT molecular complexity index is 510. The second kappa shape index (κ2) is 6.65. The van der Waals surface area contributed by atoms with Gasteiger partial charge in [0.05, 0.1) is 5.56 Å². The van der Waals surface area contributed by atoms with Crippen molar-refractivity contribution in [1.29, 1.82) is 0 Å². The Balaban J connectivity index is 2.12. The Hall–Kier alpha value is -1.28. The summed E-state index contributed by atoms with van der Waals surface area (Å²) in [6, 6.07) is 2.72. The van der Waals surface area contributed by atoms with Gasteiger partial charge in [-0.3, -0.25) is 4.79 Å². The van der Waals surface area contributed by atoms with E-state index in [2.05, 4.69) is 10.3 Å². The van der Waals surface area contributed by atoms with Gasteiger partial charge in [-0.2, -0.15) is 13.2 Å². The van der Waals surface area contributed by atoms with Gasteiger partial charge in [0.15, 0.2) is 0 Å². The largest absolute Gasteiger partial charge is 0.447 e. The summed E-state index contributed by atoms with van der Waals surface area (Å²) in [7, 11) is 0. The minimum absolute atomic E-state index is 0.0532. The van der Waals surface area contributed by atoms with Gasteiger partial charge in [-0.05, 0) is 37.4 Å². The molecule has 0 aliphatic heterocycles. The van der Waals surface area contributed by atoms with E-state index < -0.39 is 11.4 Å². The molecule has 21 heavy (non-hydrogen) atoms. The lowest BCUT2D eigenvalue weighted by Gasteiger charge is -2.20. The number of amides is 1. The average molecular weight is 319 g/mol. The minimum atomic E-state index is -4.48. The van der Waals surface area contributed by atoms with Gasteiger partial charge in [-0.25, -0.2) is 4.98 Å². The Morgan fingerprint density at radius 3 is 2.90 bits per heavy atom. The third-order valence-corrected chi connectivity index (χ3v) is 4.26. The number of nitrogens with zero attached hydrogens (tertiary/aromatic N) is 1. The zero-order valence-corrected chi connectivity index (χ0v) is 12.0. The highest BCUT2D eigenvalue weighted by molar-refractivity contribution is 8.00. The first kappa shape index (κ1) is 16.1. The van der Waals surface area contributed by atoms with E-state index in [0.717, 1.165) is 19.3 Å². The summed E-state index contributed by atoms with van der Waals surface area (Å²) in [6.07, 6.45) is 3.93. The van der Waals surface area contributed by atoms with Crippen LogP contribution < -0.4 is 11.1 Å². The summed E-state index contributed by atoms with van der Waals surface area (Å²) in [5.41, 5.74) is 1.11. The van der Waals surface area contributed by atoms with E-state index in [1.54, 1.807) is 0 Å². The van der Waals surface area contributed by atoms with Crippen LogP contribution in [-0.4, -0.2) is 29.0 Å². The monoisotopic (exact) mass is 319 g/mol. The molecule has 3 N–H and O–H groups in total. The quantitative estimate of drug-likeness (QED) is 0.837. The maximum atomic E-state index is 12.5. The zero-order chi connectivity index (χ0) is 15.5. The van der Waals surface area contributed by atoms with Crippen LogP contribution in [0.5, 0.6) is 0 Å². The lowest BCUT2D eigenvalue weighted by molar-refractivity contribution is -0.0329. The topological polar surface area (TPSA) is 68.0 Å². The zero-order valence-electron chi connectivity index (χ0n) is 11.2. The van der Waals surface area contributed by atoms with E-state index in [1.165, 1.54) is 18.3 Å². The average Bonchev–Trinajstić information content (AvgIpc) is 2.84. The molecule has 0 bridgehead atoms. The van der Waals surface area contributed by atoms with Gasteiger partial charge < -0.3 is 11.1 Å². The lowest BCUT2D eigenvalue weighted by Crippen LogP contribution is -2.40. The number of nitrogens with two attached hydrogens (primary N) is 1. The molecule has 0 saturated heterocycles. The summed E-state index contributed by atoms with van der Waals surface area (Å²) in [6.45, 7) is 0.460. The Labute approximate surface area is 124 Å². The maximum absolute atomic E-state index is 12.5. The van der Waals surface area contributed by atoms with Crippen LogP contribution in [0.15, 0.2) is 23.4 Å². The van der Waals surface area contributed by atoms with Crippen LogP contribution in [0.25, 0.3) is 0 Å². The summed E-state index contributed by atoms with van der Waals surface area (Å²) in [5.74, 6) is -0.343. The number of alkyl halides is 3. The fraction of sp³-hybridized carbons (Fsp3) is 0.538. The number of carbonyl (C=O) groups excluding carboxylic acids is 1. The third kappa shape index (κ3) is 4.34. The molecule has 2 rings (SSSR count). The van der Waals surface area contributed by atoms with Gasteiger partial charge in [-0.15, -0.1) is 0 Å². The normalized spacial score (nSPS) is 22.3. The lowest BCUT2D eigenvalue weighted by atomic mass is 10.0. The van der Waals surface area contributed by atoms with E-state index in [0.29, 0.717) is 6.54 Å². The number of nitrogens with one attached hydrogen (secondary N) is 1. The molecule has 1 aliphatic carbocycles. The van der Waals surface area contributed by atoms with Crippen molar-refractivity contribution in [2.45, 2.75) is 35.8 Å². The Morgan fingerprint density at radius 1 is 1.48 bits per heavy atom. The first-order chi connectivity index (χ1) is 9.90. The molecule has 8 heteroatoms. The Morgan fingerprint density at radius 2 is 2.24 bits per heavy atom. The molecule has 0 spiro atoms. The van der Waals surface area contributed by atoms with E-state index in [4.69, 9.17) is 5.73 Å². The summed E-state index contributed by atoms with van der Waals surface area (Å²) >= 11 is -0.376. The smallest absolute Gasteiger partial charge is 0.349 e. The molecule has 0 radical (unpaired) electrons. The highest BCUT2D eigenvalue weighted by Gasteiger charge is 2.33. The summed E-state index contributed by atoms with van der Waals surface area (Å²) < 4.78 is 37.4. The first-order valence-electron chi connectivity index (χ1n) is 6.62. The number of halogens is 3. The molecule has 2 atom stereocenters. The second-order valence-corrected chi connectivity index (χ2v) is 5.96. The van der Waals surface area contributed by atoms with Crippen molar-refractivity contribution in [3.05, 3.63) is 23.9 Å². The number of carbonyl (C=O) groups is 1. The predicted octanol–water partition coefficient (Wildman–Crippen LogP) is 2.55. The molecule has 4 nitrogen and oxygen atoms in total. The highest BCUT2D eigenvalue weighted by Crippen LogP contribution is 2.37. The van der Waals surface area contributed by atoms with Crippen LogP contribution in [0.2, 0.25) is 0 Å². The molecule has 2 unspecified atom stereocenters. The van der Waals surface area contributed by atoms with Crippen LogP contribution in [-0.2, 0) is 0 Å². The van der Waals surface area contributed by atoms with Crippen LogP contribution in [0, 0.1) is 5.92 Å². The molecule has 1 aromatic heterocycles. The van der Waals surface area contributed by atoms with Crippen molar-refractivity contribution >= 4 is 17.7 Å². The number of thioether (sulfide) groups is 1. The van der Waals surface area contributed by atoms with Gasteiger partial charge in [0.2, 0.25) is 0 Å². The maximum Gasteiger partial charge on any atom is 0.447 e. The van der Waals surface area contributed by atoms with E-state index in [-0.39, 0.29) is 34.3 Å². The van der Waals surface area contributed by atoms with Gasteiger partial charge in [0.25, 0.3) is 5.91 Å². The van der Waals surface area contributed by atoms with Crippen molar-refractivity contribution in [3.63, 3.8) is 0 Å². The van der Waals surface area contributed by atoms with Crippen LogP contribution in [0.1, 0.15) is 29.6 Å². The SMILES string of the molecule is NCC1CCCC1NC(=O)c1cccnc1SC(F)(F)F. The molecule has 1 aliphatic rings. The van der Waals surface area contributed by atoms with Crippen molar-refractivity contribution < 1.29 is 18.0 Å². The third-order valence-electron chi connectivity index (χ3n) is 3.51. The van der Waals surface area contributed by atoms with Crippen LogP contribution >= 0.6 is 11.8 Å². The molecule has 1 aromatic rings. The molecule has 1 saturated carbocycles. The van der Waals surface area contributed by atoms with Gasteiger partial charge in [0, 0.05) is 24.0 Å². The van der Waals surface area contributed by atoms with Crippen molar-refractivity contribution in [2.24, 2.45) is 11.7 Å². The van der Waals surface area contributed by atoms with Crippen molar-refractivity contribution in [3.8, 4) is 0 Å². The summed E-state index contributed by atoms with van der Waals surface area (Å²) in [4.78, 5) is 15.9. The van der Waals surface area contributed by atoms with E-state index in [9.17, 15) is 18.0 Å². The molecular formula is C13H16F3N3OS. The standard InChI is InChI=1S/C13H16F3N3OS/c14-13(15,16)21-12-9(4-2-6-18-12)11(20)19-10-5-1-3-8(10)7-17/h2,4,6,8,10H,1,3,5,7,17H2,(H,19,20). The highest BCUT2D eigenvalue weighted by atomic mass is 32.2. The fourth-order valence-electron chi connectivity index (χ4n) is 2.51. The molecule has 1 fully saturated rings. The number of rotatable bonds is 4. The van der Waals surface area contributed by atoms with Gasteiger partial charge in [-0.1, -0.05) is 6.42 Å². The minimum Gasteiger partial charge on any atom is -0.349 e. The number of aromatic nitrogens is 1. The fourth-order valence-corrected chi connectivity index (χ4v) is 3.11. The number of pyridine rings is 1. The van der Waals surface area contributed by atoms with Crippen LogP contribution in [0.3, 0.4) is 0 Å². The molecular weight excluding hydrogens is 303 g/mol. The molecule has 1 amide bonds. The first-order valence-corrected chi connectivity index (χ1v) is 7.44. The van der Waals surface area contributed by atoms with E-state index in [1.807, 2.05) is 0 Å². The van der Waals surface area contributed by atoms with Crippen molar-refractivity contribution in [2.75, 3.05) is 6.54 Å². The van der Waals surface area contributed by atoms with Crippen LogP contribution in [0.4, 0.5) is 13.2 Å². The molecule has 0 aromatic carbocycles. The molecule has 116 valence electrons. The number of hydrogen-bond acceptors (Lipinski definition) is 4. The van der Waals surface area contributed by atoms with Gasteiger partial charge >= 0.3 is 5.51 Å². The summed E-state index contributed by atoms with van der Waals surface area (Å²) in [5, 5.41) is 2.45. The predicted molar refractivity (Wildman–Crippen MR) is 73.8 cm³/mol. The van der Waals surface area contributed by atoms with E-state index >= 15 is 0 Å². The van der Waals surface area contributed by atoms with Gasteiger partial charge in [0.1, 0.15) is 5.03 Å². The number of hydrogen-bond donors (Lipinski definition) is 2. The molecule has 1 heterocycles. The second-order valence-electron chi connectivity index (χ2n) is 4.91. The Kier molecular flexibility index (Phi) is 5.10.